The lowest BCUT2D eigenvalue weighted by atomic mass is 9.72. The fraction of sp³-hybridized carbons (Fsp3) is 0.0952. The van der Waals surface area contributed by atoms with Gasteiger partial charge >= 0.3 is 0 Å². The number of hydrogen-bond acceptors (Lipinski definition) is 4. The third-order valence-electron chi connectivity index (χ3n) is 10.2. The Labute approximate surface area is 275 Å². The predicted octanol–water partition coefficient (Wildman–Crippen LogP) is 11.1. The number of fused-ring (bicyclic) bond motifs is 12. The minimum atomic E-state index is -1.45. The summed E-state index contributed by atoms with van der Waals surface area (Å²) in [6.07, 6.45) is 4.12. The summed E-state index contributed by atoms with van der Waals surface area (Å²) in [4.78, 5) is 11.6. The van der Waals surface area contributed by atoms with E-state index in [4.69, 9.17) is 14.4 Å². The maximum Gasteiger partial charge on any atom is 0.151 e. The normalized spacial score (nSPS) is 14.6. The maximum absolute atomic E-state index is 17.7. The van der Waals surface area contributed by atoms with Crippen molar-refractivity contribution in [1.82, 2.24) is 14.4 Å². The zero-order valence-electron chi connectivity index (χ0n) is 26.4. The summed E-state index contributed by atoms with van der Waals surface area (Å²) in [5.74, 6) is 0.762. The lowest BCUT2D eigenvalue weighted by Gasteiger charge is -2.41. The Bertz CT molecular complexity index is 2740. The van der Waals surface area contributed by atoms with Gasteiger partial charge in [-0.15, -0.1) is 0 Å². The molecule has 5 aromatic carbocycles. The number of furan rings is 1. The second kappa shape index (κ2) is 9.75. The van der Waals surface area contributed by atoms with Crippen LogP contribution in [-0.4, -0.2) is 14.4 Å². The molecule has 0 bridgehead atoms. The van der Waals surface area contributed by atoms with Crippen molar-refractivity contribution in [3.05, 3.63) is 156 Å². The van der Waals surface area contributed by atoms with Gasteiger partial charge in [0.15, 0.2) is 6.17 Å². The summed E-state index contributed by atoms with van der Waals surface area (Å²) in [7, 11) is 0. The van der Waals surface area contributed by atoms with Gasteiger partial charge in [-0.2, -0.15) is 0 Å². The average molecular weight is 625 g/mol. The first-order valence-corrected chi connectivity index (χ1v) is 16.2. The standard InChI is InChI=1S/C42H29FN4O/c1-42(2)31-13-5-7-15-33(31)47(36-17-9-10-20-44-36)34-24-30(37-28-12-4-8-16-35(28)48-40(37)38(34)42)39(43)25-18-19-26-27-11-3-6-14-32(27)46-22-21-45-41(46)29(26)23-25/h3-24,39H,1-2H3. The summed E-state index contributed by atoms with van der Waals surface area (Å²) in [6, 6.07) is 38.5. The quantitative estimate of drug-likeness (QED) is 0.184. The van der Waals surface area contributed by atoms with E-state index in [0.29, 0.717) is 16.7 Å². The third-order valence-corrected chi connectivity index (χ3v) is 10.2. The van der Waals surface area contributed by atoms with Crippen molar-refractivity contribution in [3.63, 3.8) is 0 Å². The van der Waals surface area contributed by atoms with E-state index in [1.165, 1.54) is 0 Å². The first kappa shape index (κ1) is 27.1. The highest BCUT2D eigenvalue weighted by Crippen LogP contribution is 2.56. The molecule has 0 fully saturated rings. The predicted molar refractivity (Wildman–Crippen MR) is 191 cm³/mol. The molecule has 0 aliphatic carbocycles. The molecule has 230 valence electrons. The molecule has 6 heteroatoms. The van der Waals surface area contributed by atoms with E-state index < -0.39 is 11.6 Å². The van der Waals surface area contributed by atoms with E-state index in [1.807, 2.05) is 91.1 Å². The molecule has 9 aromatic rings. The molecule has 0 saturated heterocycles. The van der Waals surface area contributed by atoms with E-state index in [9.17, 15) is 0 Å². The molecule has 1 aliphatic rings. The van der Waals surface area contributed by atoms with Crippen LogP contribution in [0.15, 0.2) is 138 Å². The van der Waals surface area contributed by atoms with Crippen molar-refractivity contribution in [2.45, 2.75) is 25.4 Å². The number of para-hydroxylation sites is 3. The number of halogens is 1. The summed E-state index contributed by atoms with van der Waals surface area (Å²) in [5.41, 5.74) is 8.05. The zero-order chi connectivity index (χ0) is 32.1. The fourth-order valence-electron chi connectivity index (χ4n) is 8.02. The van der Waals surface area contributed by atoms with Crippen LogP contribution in [0.25, 0.3) is 49.3 Å². The number of alkyl halides is 1. The lowest BCUT2D eigenvalue weighted by molar-refractivity contribution is 0.404. The van der Waals surface area contributed by atoms with Gasteiger partial charge in [-0.25, -0.2) is 14.4 Å². The first-order chi connectivity index (χ1) is 23.5. The summed E-state index contributed by atoms with van der Waals surface area (Å²) in [5, 5.41) is 4.76. The number of nitrogens with zero attached hydrogens (tertiary/aromatic N) is 4. The number of imidazole rings is 1. The molecule has 1 aliphatic heterocycles. The van der Waals surface area contributed by atoms with Crippen LogP contribution >= 0.6 is 0 Å². The summed E-state index contributed by atoms with van der Waals surface area (Å²) < 4.78 is 26.5. The van der Waals surface area contributed by atoms with Crippen LogP contribution in [0.1, 0.15) is 42.3 Å². The minimum Gasteiger partial charge on any atom is -0.456 e. The van der Waals surface area contributed by atoms with Gasteiger partial charge in [0.05, 0.1) is 16.9 Å². The highest BCUT2D eigenvalue weighted by molar-refractivity contribution is 6.13. The Morgan fingerprint density at radius 2 is 1.50 bits per heavy atom. The van der Waals surface area contributed by atoms with Crippen LogP contribution < -0.4 is 4.90 Å². The molecular formula is C42H29FN4O. The topological polar surface area (TPSA) is 46.6 Å². The van der Waals surface area contributed by atoms with Crippen molar-refractivity contribution in [2.75, 3.05) is 4.90 Å². The Balaban J connectivity index is 1.29. The van der Waals surface area contributed by atoms with Crippen molar-refractivity contribution in [2.24, 2.45) is 0 Å². The van der Waals surface area contributed by atoms with Gasteiger partial charge in [0.1, 0.15) is 22.6 Å². The van der Waals surface area contributed by atoms with Gasteiger partial charge in [-0.3, -0.25) is 9.30 Å². The van der Waals surface area contributed by atoms with E-state index >= 15 is 4.39 Å². The van der Waals surface area contributed by atoms with E-state index in [-0.39, 0.29) is 0 Å². The molecule has 0 saturated carbocycles. The molecule has 5 nitrogen and oxygen atoms in total. The number of aromatic nitrogens is 3. The van der Waals surface area contributed by atoms with E-state index in [2.05, 4.69) is 53.5 Å². The largest absolute Gasteiger partial charge is 0.456 e. The number of anilines is 3. The Hall–Kier alpha value is -6.01. The molecule has 10 rings (SSSR count). The summed E-state index contributed by atoms with van der Waals surface area (Å²) >= 11 is 0. The fourth-order valence-corrected chi connectivity index (χ4v) is 8.02. The molecule has 1 atom stereocenters. The van der Waals surface area contributed by atoms with Crippen molar-refractivity contribution in [1.29, 1.82) is 0 Å². The molecule has 0 spiro atoms. The molecule has 1 unspecified atom stereocenters. The monoisotopic (exact) mass is 624 g/mol. The van der Waals surface area contributed by atoms with Crippen LogP contribution in [0.5, 0.6) is 0 Å². The molecule has 48 heavy (non-hydrogen) atoms. The minimum absolute atomic E-state index is 0.441. The number of rotatable bonds is 3. The smallest absolute Gasteiger partial charge is 0.151 e. The van der Waals surface area contributed by atoms with Gasteiger partial charge in [-0.05, 0) is 59.0 Å². The van der Waals surface area contributed by atoms with Crippen molar-refractivity contribution < 1.29 is 8.81 Å². The van der Waals surface area contributed by atoms with Gasteiger partial charge in [-0.1, -0.05) is 86.6 Å². The molecule has 0 radical (unpaired) electrons. The maximum atomic E-state index is 17.7. The van der Waals surface area contributed by atoms with Crippen LogP contribution in [0.4, 0.5) is 21.6 Å². The second-order valence-electron chi connectivity index (χ2n) is 13.1. The molecule has 0 amide bonds. The zero-order valence-corrected chi connectivity index (χ0v) is 26.4. The third kappa shape index (κ3) is 3.60. The highest BCUT2D eigenvalue weighted by Gasteiger charge is 2.41. The van der Waals surface area contributed by atoms with E-state index in [1.54, 1.807) is 12.4 Å². The molecular weight excluding hydrogens is 595 g/mol. The van der Waals surface area contributed by atoms with Gasteiger partial charge in [0.2, 0.25) is 0 Å². The Morgan fingerprint density at radius 3 is 2.38 bits per heavy atom. The summed E-state index contributed by atoms with van der Waals surface area (Å²) in [6.45, 7) is 4.45. The SMILES string of the molecule is CC1(C)c2ccccc2N(c2ccccn2)c2cc(C(F)c3ccc4c5ccccc5n5ccnc5c4c3)c3c(oc4ccccc43)c21. The number of hydrogen-bond donors (Lipinski definition) is 0. The number of benzene rings is 5. The Kier molecular flexibility index (Phi) is 5.51. The highest BCUT2D eigenvalue weighted by atomic mass is 19.1. The average Bonchev–Trinajstić information content (AvgIpc) is 3.77. The van der Waals surface area contributed by atoms with Crippen LogP contribution in [0.2, 0.25) is 0 Å². The molecule has 4 aromatic heterocycles. The molecule has 5 heterocycles. The second-order valence-corrected chi connectivity index (χ2v) is 13.1. The van der Waals surface area contributed by atoms with Crippen molar-refractivity contribution >= 4 is 66.5 Å². The van der Waals surface area contributed by atoms with Crippen LogP contribution in [-0.2, 0) is 5.41 Å². The van der Waals surface area contributed by atoms with Crippen molar-refractivity contribution in [3.8, 4) is 0 Å². The van der Waals surface area contributed by atoms with Gasteiger partial charge in [0.25, 0.3) is 0 Å². The first-order valence-electron chi connectivity index (χ1n) is 16.2. The van der Waals surface area contributed by atoms with Crippen LogP contribution in [0.3, 0.4) is 0 Å². The lowest BCUT2D eigenvalue weighted by Crippen LogP contribution is -2.31. The van der Waals surface area contributed by atoms with Crippen LogP contribution in [0, 0.1) is 0 Å². The van der Waals surface area contributed by atoms with Gasteiger partial charge < -0.3 is 4.42 Å². The van der Waals surface area contributed by atoms with E-state index in [0.717, 1.165) is 72.0 Å². The molecule has 0 N–H and O–H groups in total. The number of pyridine rings is 2. The van der Waals surface area contributed by atoms with Gasteiger partial charge in [0, 0.05) is 56.7 Å². The Morgan fingerprint density at radius 1 is 0.708 bits per heavy atom.